The summed E-state index contributed by atoms with van der Waals surface area (Å²) in [6.45, 7) is 5.21. The molecule has 1 rings (SSSR count). The van der Waals surface area contributed by atoms with E-state index in [2.05, 4.69) is 10.3 Å². The van der Waals surface area contributed by atoms with E-state index in [1.165, 1.54) is 25.3 Å². The molecule has 6 heteroatoms. The number of carboxylic acids is 1. The van der Waals surface area contributed by atoms with Crippen molar-refractivity contribution in [2.45, 2.75) is 27.2 Å². The van der Waals surface area contributed by atoms with E-state index in [-0.39, 0.29) is 6.42 Å². The van der Waals surface area contributed by atoms with Gasteiger partial charge in [0.05, 0.1) is 10.7 Å². The number of carboxylic acid groups (broad SMARTS) is 1. The molecule has 1 aromatic heterocycles. The van der Waals surface area contributed by atoms with Crippen molar-refractivity contribution in [1.29, 1.82) is 0 Å². The standard InChI is InChI=1S/C11H16N2O3S/c1-6-7(2)17-8(13-6)5-11(3,10(15)16)9(14)12-4/h5H2,1-4H3,(H,12,14)(H,15,16). The molecular weight excluding hydrogens is 240 g/mol. The quantitative estimate of drug-likeness (QED) is 0.792. The molecule has 1 unspecified atom stereocenters. The lowest BCUT2D eigenvalue weighted by Crippen LogP contribution is -2.44. The summed E-state index contributed by atoms with van der Waals surface area (Å²) >= 11 is 1.43. The first-order valence-electron chi connectivity index (χ1n) is 5.19. The Balaban J connectivity index is 3.03. The molecule has 0 saturated carbocycles. The molecule has 1 heterocycles. The zero-order valence-corrected chi connectivity index (χ0v) is 11.1. The van der Waals surface area contributed by atoms with E-state index < -0.39 is 17.3 Å². The fourth-order valence-electron chi connectivity index (χ4n) is 1.45. The van der Waals surface area contributed by atoms with E-state index >= 15 is 0 Å². The lowest BCUT2D eigenvalue weighted by Gasteiger charge is -2.21. The molecule has 0 aliphatic heterocycles. The van der Waals surface area contributed by atoms with Crippen LogP contribution in [0.15, 0.2) is 0 Å². The van der Waals surface area contributed by atoms with Crippen molar-refractivity contribution in [3.05, 3.63) is 15.6 Å². The molecule has 0 aliphatic rings. The van der Waals surface area contributed by atoms with Crippen LogP contribution in [0.1, 0.15) is 22.5 Å². The van der Waals surface area contributed by atoms with E-state index in [0.29, 0.717) is 5.01 Å². The Bertz CT molecular complexity index is 436. The third kappa shape index (κ3) is 2.63. The van der Waals surface area contributed by atoms with Gasteiger partial charge in [0.2, 0.25) is 5.91 Å². The Labute approximate surface area is 104 Å². The second-order valence-electron chi connectivity index (χ2n) is 4.14. The first kappa shape index (κ1) is 13.6. The van der Waals surface area contributed by atoms with Crippen LogP contribution in [0, 0.1) is 19.3 Å². The van der Waals surface area contributed by atoms with Gasteiger partial charge in [-0.25, -0.2) is 4.98 Å². The number of thiazole rings is 1. The van der Waals surface area contributed by atoms with Gasteiger partial charge in [0, 0.05) is 18.3 Å². The van der Waals surface area contributed by atoms with Gasteiger partial charge in [0.25, 0.3) is 0 Å². The summed E-state index contributed by atoms with van der Waals surface area (Å²) in [7, 11) is 1.43. The fourth-order valence-corrected chi connectivity index (χ4v) is 2.54. The number of hydrogen-bond donors (Lipinski definition) is 2. The van der Waals surface area contributed by atoms with Gasteiger partial charge in [-0.2, -0.15) is 0 Å². The van der Waals surface area contributed by atoms with Crippen molar-refractivity contribution >= 4 is 23.2 Å². The molecule has 0 radical (unpaired) electrons. The number of carbonyl (C=O) groups is 2. The van der Waals surface area contributed by atoms with E-state index in [1.54, 1.807) is 0 Å². The molecule has 0 spiro atoms. The van der Waals surface area contributed by atoms with Crippen LogP contribution in [0.2, 0.25) is 0 Å². The first-order chi connectivity index (χ1) is 7.81. The van der Waals surface area contributed by atoms with Gasteiger partial charge in [-0.15, -0.1) is 11.3 Å². The second-order valence-corrected chi connectivity index (χ2v) is 5.43. The zero-order valence-electron chi connectivity index (χ0n) is 10.3. The smallest absolute Gasteiger partial charge is 0.319 e. The molecule has 0 aromatic carbocycles. The predicted molar refractivity (Wildman–Crippen MR) is 65.1 cm³/mol. The number of amides is 1. The Kier molecular flexibility index (Phi) is 3.87. The Morgan fingerprint density at radius 2 is 2.06 bits per heavy atom. The van der Waals surface area contributed by atoms with Crippen LogP contribution in [0.5, 0.6) is 0 Å². The summed E-state index contributed by atoms with van der Waals surface area (Å²) in [5, 5.41) is 12.2. The zero-order chi connectivity index (χ0) is 13.2. The van der Waals surface area contributed by atoms with Gasteiger partial charge >= 0.3 is 5.97 Å². The van der Waals surface area contributed by atoms with Crippen LogP contribution in [-0.2, 0) is 16.0 Å². The summed E-state index contributed by atoms with van der Waals surface area (Å²) in [6.07, 6.45) is 0.112. The molecule has 1 atom stereocenters. The van der Waals surface area contributed by atoms with Gasteiger partial charge < -0.3 is 10.4 Å². The van der Waals surface area contributed by atoms with Gasteiger partial charge in [0.15, 0.2) is 0 Å². The molecule has 0 aliphatic carbocycles. The molecular formula is C11H16N2O3S. The summed E-state index contributed by atoms with van der Waals surface area (Å²) < 4.78 is 0. The molecule has 5 nitrogen and oxygen atoms in total. The highest BCUT2D eigenvalue weighted by molar-refractivity contribution is 7.11. The number of aryl methyl sites for hydroxylation is 2. The van der Waals surface area contributed by atoms with Crippen LogP contribution < -0.4 is 5.32 Å². The third-order valence-electron chi connectivity index (χ3n) is 2.78. The van der Waals surface area contributed by atoms with E-state index in [0.717, 1.165) is 10.6 Å². The average Bonchev–Trinajstić information content (AvgIpc) is 2.56. The molecule has 17 heavy (non-hydrogen) atoms. The number of aromatic nitrogens is 1. The summed E-state index contributed by atoms with van der Waals surface area (Å²) in [4.78, 5) is 28.2. The highest BCUT2D eigenvalue weighted by Gasteiger charge is 2.41. The van der Waals surface area contributed by atoms with Crippen LogP contribution in [-0.4, -0.2) is 29.0 Å². The van der Waals surface area contributed by atoms with Crippen molar-refractivity contribution < 1.29 is 14.7 Å². The molecule has 1 aromatic rings. The number of hydrogen-bond acceptors (Lipinski definition) is 4. The van der Waals surface area contributed by atoms with Crippen LogP contribution in [0.3, 0.4) is 0 Å². The predicted octanol–water partition coefficient (Wildman–Crippen LogP) is 1.14. The van der Waals surface area contributed by atoms with Gasteiger partial charge in [-0.05, 0) is 20.8 Å². The molecule has 94 valence electrons. The van der Waals surface area contributed by atoms with Crippen molar-refractivity contribution in [3.63, 3.8) is 0 Å². The van der Waals surface area contributed by atoms with Crippen molar-refractivity contribution in [2.75, 3.05) is 7.05 Å². The molecule has 2 N–H and O–H groups in total. The Hall–Kier alpha value is -1.43. The minimum Gasteiger partial charge on any atom is -0.480 e. The summed E-state index contributed by atoms with van der Waals surface area (Å²) in [5.41, 5.74) is -0.583. The summed E-state index contributed by atoms with van der Waals surface area (Å²) in [5.74, 6) is -1.64. The first-order valence-corrected chi connectivity index (χ1v) is 6.01. The number of rotatable bonds is 4. The van der Waals surface area contributed by atoms with Gasteiger partial charge in [0.1, 0.15) is 5.41 Å². The fraction of sp³-hybridized carbons (Fsp3) is 0.545. The van der Waals surface area contributed by atoms with Crippen LogP contribution in [0.4, 0.5) is 0 Å². The normalized spacial score (nSPS) is 14.1. The molecule has 1 amide bonds. The van der Waals surface area contributed by atoms with Crippen LogP contribution in [0.25, 0.3) is 0 Å². The highest BCUT2D eigenvalue weighted by atomic mass is 32.1. The molecule has 0 bridgehead atoms. The van der Waals surface area contributed by atoms with E-state index in [4.69, 9.17) is 0 Å². The Morgan fingerprint density at radius 1 is 1.47 bits per heavy atom. The minimum atomic E-state index is -1.47. The maximum Gasteiger partial charge on any atom is 0.319 e. The van der Waals surface area contributed by atoms with Crippen molar-refractivity contribution in [1.82, 2.24) is 10.3 Å². The largest absolute Gasteiger partial charge is 0.480 e. The average molecular weight is 256 g/mol. The SMILES string of the molecule is CNC(=O)C(C)(Cc1nc(C)c(C)s1)C(=O)O. The Morgan fingerprint density at radius 3 is 2.41 bits per heavy atom. The van der Waals surface area contributed by atoms with Gasteiger partial charge in [-0.3, -0.25) is 9.59 Å². The second kappa shape index (κ2) is 4.83. The lowest BCUT2D eigenvalue weighted by molar-refractivity contribution is -0.154. The molecule has 0 saturated heterocycles. The van der Waals surface area contributed by atoms with Crippen LogP contribution >= 0.6 is 11.3 Å². The number of aliphatic carboxylic acids is 1. The topological polar surface area (TPSA) is 79.3 Å². The van der Waals surface area contributed by atoms with Crippen molar-refractivity contribution in [3.8, 4) is 0 Å². The maximum atomic E-state index is 11.7. The van der Waals surface area contributed by atoms with Gasteiger partial charge in [-0.1, -0.05) is 0 Å². The van der Waals surface area contributed by atoms with E-state index in [1.807, 2.05) is 13.8 Å². The van der Waals surface area contributed by atoms with E-state index in [9.17, 15) is 14.7 Å². The lowest BCUT2D eigenvalue weighted by atomic mass is 9.86. The maximum absolute atomic E-state index is 11.7. The monoisotopic (exact) mass is 256 g/mol. The molecule has 0 fully saturated rings. The minimum absolute atomic E-state index is 0.112. The third-order valence-corrected chi connectivity index (χ3v) is 3.85. The number of carbonyl (C=O) groups excluding carboxylic acids is 1. The number of nitrogens with zero attached hydrogens (tertiary/aromatic N) is 1. The van der Waals surface area contributed by atoms with Crippen molar-refractivity contribution in [2.24, 2.45) is 5.41 Å². The highest BCUT2D eigenvalue weighted by Crippen LogP contribution is 2.27. The number of nitrogens with one attached hydrogen (secondary N) is 1. The summed E-state index contributed by atoms with van der Waals surface area (Å²) in [6, 6.07) is 0.